The van der Waals surface area contributed by atoms with Crippen molar-refractivity contribution in [2.45, 2.75) is 13.3 Å². The summed E-state index contributed by atoms with van der Waals surface area (Å²) in [6.45, 7) is 1.45. The van der Waals surface area contributed by atoms with Crippen LogP contribution in [0, 0.1) is 0 Å². The monoisotopic (exact) mass is 177 g/mol. The Morgan fingerprint density at radius 2 is 2.38 bits per heavy atom. The molecule has 13 heavy (non-hydrogen) atoms. The maximum Gasteiger partial charge on any atom is 0.221 e. The minimum atomic E-state index is -0.106. The lowest BCUT2D eigenvalue weighted by molar-refractivity contribution is -0.118. The molecule has 0 bridgehead atoms. The molecule has 0 spiro atoms. The molecule has 0 aromatic carbocycles. The first kappa shape index (κ1) is 9.45. The zero-order chi connectivity index (χ0) is 9.68. The number of hydrogen-bond acceptors (Lipinski definition) is 2. The van der Waals surface area contributed by atoms with E-state index in [1.165, 1.54) is 6.92 Å². The fourth-order valence-corrected chi connectivity index (χ4v) is 1.02. The highest BCUT2D eigenvalue weighted by Gasteiger charge is 1.99. The summed E-state index contributed by atoms with van der Waals surface area (Å²) < 4.78 is 0. The summed E-state index contributed by atoms with van der Waals surface area (Å²) in [5.41, 5.74) is 1.44. The molecule has 1 rings (SSSR count). The Morgan fingerprint density at radius 1 is 1.62 bits per heavy atom. The van der Waals surface area contributed by atoms with Crippen molar-refractivity contribution >= 4 is 12.2 Å². The molecule has 0 saturated heterocycles. The van der Waals surface area contributed by atoms with E-state index in [4.69, 9.17) is 0 Å². The standard InChI is InChI=1S/C10H11NO2/c1-8(13)11-10-4-2-3-9(7-12)5-6-10/h2-4,6-7H,5H2,1H3,(H,11,13). The number of nitrogens with one attached hydrogen (secondary N) is 1. The average molecular weight is 177 g/mol. The number of hydrogen-bond donors (Lipinski definition) is 1. The Bertz CT molecular complexity index is 311. The quantitative estimate of drug-likeness (QED) is 0.642. The molecule has 1 aliphatic carbocycles. The summed E-state index contributed by atoms with van der Waals surface area (Å²) in [4.78, 5) is 21.1. The van der Waals surface area contributed by atoms with E-state index in [0.717, 1.165) is 12.0 Å². The molecule has 0 saturated carbocycles. The van der Waals surface area contributed by atoms with E-state index >= 15 is 0 Å². The Kier molecular flexibility index (Phi) is 3.20. The van der Waals surface area contributed by atoms with Crippen molar-refractivity contribution in [3.05, 3.63) is 35.6 Å². The van der Waals surface area contributed by atoms with Crippen molar-refractivity contribution in [1.82, 2.24) is 5.32 Å². The van der Waals surface area contributed by atoms with Gasteiger partial charge in [0.1, 0.15) is 6.29 Å². The van der Waals surface area contributed by atoms with Crippen LogP contribution in [0.25, 0.3) is 0 Å². The molecule has 0 fully saturated rings. The number of amides is 1. The van der Waals surface area contributed by atoms with Gasteiger partial charge in [0, 0.05) is 12.6 Å². The normalized spacial score (nSPS) is 15.5. The van der Waals surface area contributed by atoms with Gasteiger partial charge in [0.15, 0.2) is 0 Å². The van der Waals surface area contributed by atoms with Gasteiger partial charge in [-0.1, -0.05) is 18.2 Å². The molecule has 68 valence electrons. The van der Waals surface area contributed by atoms with Gasteiger partial charge in [0.25, 0.3) is 0 Å². The van der Waals surface area contributed by atoms with Crippen molar-refractivity contribution in [3.8, 4) is 0 Å². The molecule has 0 unspecified atom stereocenters. The lowest BCUT2D eigenvalue weighted by Crippen LogP contribution is -2.17. The Hall–Kier alpha value is -1.64. The van der Waals surface area contributed by atoms with Crippen molar-refractivity contribution in [3.63, 3.8) is 0 Å². The van der Waals surface area contributed by atoms with Crippen LogP contribution < -0.4 is 5.32 Å². The summed E-state index contributed by atoms with van der Waals surface area (Å²) in [6.07, 6.45) is 8.43. The van der Waals surface area contributed by atoms with Crippen LogP contribution in [0.3, 0.4) is 0 Å². The molecule has 0 heterocycles. The van der Waals surface area contributed by atoms with Crippen molar-refractivity contribution in [1.29, 1.82) is 0 Å². The van der Waals surface area contributed by atoms with Crippen molar-refractivity contribution < 1.29 is 9.59 Å². The highest BCUT2D eigenvalue weighted by atomic mass is 16.1. The van der Waals surface area contributed by atoms with Gasteiger partial charge in [0.05, 0.1) is 0 Å². The molecule has 0 aliphatic heterocycles. The fourth-order valence-electron chi connectivity index (χ4n) is 1.02. The van der Waals surface area contributed by atoms with Crippen LogP contribution in [0.2, 0.25) is 0 Å². The van der Waals surface area contributed by atoms with E-state index in [9.17, 15) is 9.59 Å². The predicted octanol–water partition coefficient (Wildman–Crippen LogP) is 1.09. The second-order valence-electron chi connectivity index (χ2n) is 2.76. The van der Waals surface area contributed by atoms with Gasteiger partial charge >= 0.3 is 0 Å². The molecular formula is C10H11NO2. The van der Waals surface area contributed by atoms with Crippen LogP contribution in [0.4, 0.5) is 0 Å². The third-order valence-corrected chi connectivity index (χ3v) is 1.62. The molecular weight excluding hydrogens is 166 g/mol. The summed E-state index contributed by atoms with van der Waals surface area (Å²) in [5.74, 6) is -0.106. The van der Waals surface area contributed by atoms with Crippen LogP contribution in [0.15, 0.2) is 35.6 Å². The van der Waals surface area contributed by atoms with E-state index in [2.05, 4.69) is 5.32 Å². The van der Waals surface area contributed by atoms with E-state index in [1.54, 1.807) is 18.2 Å². The first-order chi connectivity index (χ1) is 6.22. The SMILES string of the molecule is CC(=O)NC1=CCC(C=O)=CC=C1. The Balaban J connectivity index is 2.68. The molecule has 0 aromatic heterocycles. The second-order valence-corrected chi connectivity index (χ2v) is 2.76. The molecule has 0 radical (unpaired) electrons. The molecule has 1 N–H and O–H groups in total. The lowest BCUT2D eigenvalue weighted by atomic mass is 10.2. The fraction of sp³-hybridized carbons (Fsp3) is 0.200. The summed E-state index contributed by atoms with van der Waals surface area (Å²) in [7, 11) is 0. The van der Waals surface area contributed by atoms with Gasteiger partial charge in [0.2, 0.25) is 5.91 Å². The summed E-state index contributed by atoms with van der Waals surface area (Å²) >= 11 is 0. The van der Waals surface area contributed by atoms with E-state index in [0.29, 0.717) is 12.0 Å². The van der Waals surface area contributed by atoms with E-state index in [1.807, 2.05) is 6.08 Å². The molecule has 1 amide bonds. The molecule has 3 nitrogen and oxygen atoms in total. The van der Waals surface area contributed by atoms with Gasteiger partial charge < -0.3 is 5.32 Å². The molecule has 3 heteroatoms. The third kappa shape index (κ3) is 3.07. The van der Waals surface area contributed by atoms with Crippen LogP contribution in [0.1, 0.15) is 13.3 Å². The van der Waals surface area contributed by atoms with E-state index < -0.39 is 0 Å². The van der Waals surface area contributed by atoms with Crippen LogP contribution >= 0.6 is 0 Å². The van der Waals surface area contributed by atoms with Gasteiger partial charge in [-0.3, -0.25) is 9.59 Å². The van der Waals surface area contributed by atoms with Gasteiger partial charge in [-0.15, -0.1) is 0 Å². The van der Waals surface area contributed by atoms with Crippen LogP contribution in [0.5, 0.6) is 0 Å². The first-order valence-corrected chi connectivity index (χ1v) is 4.02. The Labute approximate surface area is 76.8 Å². The average Bonchev–Trinajstić information content (AvgIpc) is 2.29. The zero-order valence-electron chi connectivity index (χ0n) is 7.41. The highest BCUT2D eigenvalue weighted by molar-refractivity contribution is 5.77. The zero-order valence-corrected chi connectivity index (χ0v) is 7.41. The summed E-state index contributed by atoms with van der Waals surface area (Å²) in [5, 5.41) is 2.65. The van der Waals surface area contributed by atoms with Crippen molar-refractivity contribution in [2.24, 2.45) is 0 Å². The van der Waals surface area contributed by atoms with Gasteiger partial charge in [-0.05, 0) is 18.1 Å². The minimum Gasteiger partial charge on any atom is -0.327 e. The van der Waals surface area contributed by atoms with Gasteiger partial charge in [-0.25, -0.2) is 0 Å². The second kappa shape index (κ2) is 4.40. The minimum absolute atomic E-state index is 0.106. The lowest BCUT2D eigenvalue weighted by Gasteiger charge is -2.00. The maximum absolute atomic E-state index is 10.7. The van der Waals surface area contributed by atoms with E-state index in [-0.39, 0.29) is 5.91 Å². The predicted molar refractivity (Wildman–Crippen MR) is 49.8 cm³/mol. The highest BCUT2D eigenvalue weighted by Crippen LogP contribution is 2.07. The maximum atomic E-state index is 10.7. The number of aldehydes is 1. The first-order valence-electron chi connectivity index (χ1n) is 4.02. The number of rotatable bonds is 2. The molecule has 0 atom stereocenters. The molecule has 0 aromatic rings. The third-order valence-electron chi connectivity index (χ3n) is 1.62. The number of carbonyl (C=O) groups excluding carboxylic acids is 2. The molecule has 1 aliphatic rings. The smallest absolute Gasteiger partial charge is 0.221 e. The largest absolute Gasteiger partial charge is 0.327 e. The van der Waals surface area contributed by atoms with Crippen LogP contribution in [-0.2, 0) is 9.59 Å². The van der Waals surface area contributed by atoms with Crippen molar-refractivity contribution in [2.75, 3.05) is 0 Å². The topological polar surface area (TPSA) is 46.2 Å². The number of allylic oxidation sites excluding steroid dienone is 5. The number of carbonyl (C=O) groups is 2. The summed E-state index contributed by atoms with van der Waals surface area (Å²) in [6, 6.07) is 0. The van der Waals surface area contributed by atoms with Crippen LogP contribution in [-0.4, -0.2) is 12.2 Å². The van der Waals surface area contributed by atoms with Gasteiger partial charge in [-0.2, -0.15) is 0 Å². The Morgan fingerprint density at radius 3 is 3.00 bits per heavy atom.